The van der Waals surface area contributed by atoms with Crippen LogP contribution in [-0.4, -0.2) is 69.2 Å². The van der Waals surface area contributed by atoms with E-state index in [-0.39, 0.29) is 24.9 Å². The minimum absolute atomic E-state index is 0.198. The van der Waals surface area contributed by atoms with Crippen molar-refractivity contribution in [1.82, 2.24) is 20.5 Å². The summed E-state index contributed by atoms with van der Waals surface area (Å²) in [5.41, 5.74) is 3.24. The van der Waals surface area contributed by atoms with Crippen molar-refractivity contribution in [3.05, 3.63) is 41.0 Å². The number of thiazole rings is 1. The van der Waals surface area contributed by atoms with E-state index in [0.717, 1.165) is 28.0 Å². The standard InChI is InChI=1S/C28H40N4O5S/c1-16(18-8-10-19(11-9-18)22-17(2)29-15-38-22)30-25(35)21-12-20(34)13-32(21)24(27(3,4)5)23(31-26(36)37)28(6,7)14-33/h8-11,14-16,20-21,23-24,31,34H,12-13H2,1-7H3,(H,30,35)(H,36,37)/t16-,20+,21-,23?,24+/m0/s1. The largest absolute Gasteiger partial charge is 0.465 e. The molecular formula is C28H40N4O5S. The van der Waals surface area contributed by atoms with Crippen molar-refractivity contribution in [3.63, 3.8) is 0 Å². The molecule has 4 N–H and O–H groups in total. The Hall–Kier alpha value is -2.82. The van der Waals surface area contributed by atoms with Gasteiger partial charge >= 0.3 is 6.09 Å². The fourth-order valence-electron chi connectivity index (χ4n) is 5.37. The van der Waals surface area contributed by atoms with E-state index in [1.165, 1.54) is 0 Å². The van der Waals surface area contributed by atoms with Crippen molar-refractivity contribution in [2.45, 2.75) is 85.2 Å². The first-order chi connectivity index (χ1) is 17.7. The van der Waals surface area contributed by atoms with Gasteiger partial charge in [0, 0.05) is 18.0 Å². The van der Waals surface area contributed by atoms with Gasteiger partial charge in [0.05, 0.1) is 40.3 Å². The fourth-order valence-corrected chi connectivity index (χ4v) is 6.18. The van der Waals surface area contributed by atoms with Crippen LogP contribution >= 0.6 is 11.3 Å². The number of likely N-dealkylation sites (tertiary alicyclic amines) is 1. The van der Waals surface area contributed by atoms with Crippen molar-refractivity contribution >= 4 is 29.6 Å². The number of aldehydes is 1. The average Bonchev–Trinajstić information content (AvgIpc) is 3.42. The number of rotatable bonds is 9. The molecule has 2 amide bonds. The third-order valence-electron chi connectivity index (χ3n) is 7.34. The highest BCUT2D eigenvalue weighted by molar-refractivity contribution is 7.13. The molecule has 1 fully saturated rings. The number of benzene rings is 1. The van der Waals surface area contributed by atoms with Gasteiger partial charge in [-0.1, -0.05) is 58.9 Å². The average molecular weight is 545 g/mol. The van der Waals surface area contributed by atoms with Gasteiger partial charge in [0.2, 0.25) is 5.91 Å². The first-order valence-corrected chi connectivity index (χ1v) is 13.7. The molecule has 1 aromatic carbocycles. The van der Waals surface area contributed by atoms with Crippen LogP contribution in [0.4, 0.5) is 4.79 Å². The van der Waals surface area contributed by atoms with Crippen LogP contribution in [0, 0.1) is 17.8 Å². The van der Waals surface area contributed by atoms with E-state index in [1.807, 2.05) is 69.3 Å². The number of amides is 2. The van der Waals surface area contributed by atoms with Gasteiger partial charge in [-0.15, -0.1) is 11.3 Å². The number of carbonyl (C=O) groups is 3. The molecule has 1 aliphatic rings. The molecule has 0 bridgehead atoms. The molecule has 0 radical (unpaired) electrons. The monoisotopic (exact) mass is 544 g/mol. The van der Waals surface area contributed by atoms with Gasteiger partial charge in [-0.25, -0.2) is 9.78 Å². The van der Waals surface area contributed by atoms with Gasteiger partial charge in [-0.2, -0.15) is 0 Å². The number of aromatic nitrogens is 1. The molecular weight excluding hydrogens is 504 g/mol. The van der Waals surface area contributed by atoms with Crippen LogP contribution in [-0.2, 0) is 9.59 Å². The molecule has 1 aromatic heterocycles. The molecule has 208 valence electrons. The second-order valence-corrected chi connectivity index (χ2v) is 12.8. The summed E-state index contributed by atoms with van der Waals surface area (Å²) in [6.07, 6.45) is -1.04. The molecule has 0 spiro atoms. The smallest absolute Gasteiger partial charge is 0.404 e. The second kappa shape index (κ2) is 11.5. The predicted octanol–water partition coefficient (Wildman–Crippen LogP) is 4.01. The quantitative estimate of drug-likeness (QED) is 0.351. The molecule has 0 aliphatic carbocycles. The highest BCUT2D eigenvalue weighted by Gasteiger charge is 2.50. The topological polar surface area (TPSA) is 132 Å². The van der Waals surface area contributed by atoms with E-state index >= 15 is 0 Å². The molecule has 5 atom stereocenters. The molecule has 1 unspecified atom stereocenters. The Balaban J connectivity index is 1.85. The van der Waals surface area contributed by atoms with Gasteiger partial charge in [0.15, 0.2) is 0 Å². The van der Waals surface area contributed by atoms with Crippen LogP contribution in [0.25, 0.3) is 10.4 Å². The summed E-state index contributed by atoms with van der Waals surface area (Å²) in [4.78, 5) is 44.6. The number of hydrogen-bond acceptors (Lipinski definition) is 7. The number of β-amino-alcohol motifs (C(OH)–C–C–N with tert-alkyl or cyclic N) is 1. The van der Waals surface area contributed by atoms with E-state index < -0.39 is 41.2 Å². The Morgan fingerprint density at radius 3 is 2.29 bits per heavy atom. The summed E-state index contributed by atoms with van der Waals surface area (Å²) in [6, 6.07) is 5.69. The van der Waals surface area contributed by atoms with Gasteiger partial charge in [0.1, 0.15) is 6.29 Å². The third-order valence-corrected chi connectivity index (χ3v) is 8.32. The summed E-state index contributed by atoms with van der Waals surface area (Å²) >= 11 is 1.58. The molecule has 0 saturated carbocycles. The Morgan fingerprint density at radius 1 is 1.16 bits per heavy atom. The molecule has 3 rings (SSSR count). The molecule has 1 saturated heterocycles. The minimum Gasteiger partial charge on any atom is -0.465 e. The molecule has 2 aromatic rings. The van der Waals surface area contributed by atoms with Crippen molar-refractivity contribution < 1.29 is 24.6 Å². The molecule has 10 heteroatoms. The van der Waals surface area contributed by atoms with E-state index in [4.69, 9.17) is 0 Å². The van der Waals surface area contributed by atoms with E-state index in [2.05, 4.69) is 15.6 Å². The first kappa shape index (κ1) is 29.7. The van der Waals surface area contributed by atoms with Gasteiger partial charge < -0.3 is 25.6 Å². The lowest BCUT2D eigenvalue weighted by molar-refractivity contribution is -0.129. The lowest BCUT2D eigenvalue weighted by Gasteiger charge is -2.48. The van der Waals surface area contributed by atoms with Crippen LogP contribution in [0.5, 0.6) is 0 Å². The molecule has 38 heavy (non-hydrogen) atoms. The number of hydrogen-bond donors (Lipinski definition) is 4. The van der Waals surface area contributed by atoms with Crippen molar-refractivity contribution in [1.29, 1.82) is 0 Å². The van der Waals surface area contributed by atoms with Crippen LogP contribution in [0.1, 0.15) is 65.3 Å². The Bertz CT molecular complexity index is 1140. The fraction of sp³-hybridized carbons (Fsp3) is 0.571. The summed E-state index contributed by atoms with van der Waals surface area (Å²) < 4.78 is 0. The van der Waals surface area contributed by atoms with Gasteiger partial charge in [-0.05, 0) is 36.8 Å². The summed E-state index contributed by atoms with van der Waals surface area (Å²) in [5.74, 6) is -0.247. The zero-order valence-electron chi connectivity index (χ0n) is 23.2. The number of aryl methyl sites for hydroxylation is 1. The lowest BCUT2D eigenvalue weighted by atomic mass is 9.71. The van der Waals surface area contributed by atoms with Crippen LogP contribution < -0.4 is 10.6 Å². The maximum atomic E-state index is 13.6. The molecule has 2 heterocycles. The maximum Gasteiger partial charge on any atom is 0.404 e. The van der Waals surface area contributed by atoms with Crippen LogP contribution in [0.15, 0.2) is 29.8 Å². The Kier molecular flexibility index (Phi) is 9.00. The SMILES string of the molecule is Cc1ncsc1-c1ccc([C@H](C)NC(=O)[C@@H]2C[C@@H](O)CN2[C@H](C(NC(=O)O)C(C)(C)C=O)C(C)(C)C)cc1. The summed E-state index contributed by atoms with van der Waals surface area (Å²) in [7, 11) is 0. The second-order valence-electron chi connectivity index (χ2n) is 11.9. The number of aliphatic hydroxyl groups is 1. The highest BCUT2D eigenvalue weighted by Crippen LogP contribution is 2.38. The maximum absolute atomic E-state index is 13.6. The number of carbonyl (C=O) groups excluding carboxylic acids is 2. The van der Waals surface area contributed by atoms with Crippen molar-refractivity contribution in [2.75, 3.05) is 6.54 Å². The minimum atomic E-state index is -1.24. The van der Waals surface area contributed by atoms with E-state index in [1.54, 1.807) is 25.2 Å². The van der Waals surface area contributed by atoms with Crippen molar-refractivity contribution in [3.8, 4) is 10.4 Å². The van der Waals surface area contributed by atoms with Crippen LogP contribution in [0.3, 0.4) is 0 Å². The summed E-state index contributed by atoms with van der Waals surface area (Å²) in [5, 5.41) is 25.8. The normalized spacial score (nSPS) is 20.9. The van der Waals surface area contributed by atoms with Crippen LogP contribution in [0.2, 0.25) is 0 Å². The highest BCUT2D eigenvalue weighted by atomic mass is 32.1. The zero-order chi connectivity index (χ0) is 28.4. The van der Waals surface area contributed by atoms with E-state index in [0.29, 0.717) is 0 Å². The van der Waals surface area contributed by atoms with Crippen molar-refractivity contribution in [2.24, 2.45) is 10.8 Å². The van der Waals surface area contributed by atoms with Gasteiger partial charge in [-0.3, -0.25) is 9.69 Å². The predicted molar refractivity (Wildman–Crippen MR) is 148 cm³/mol. The van der Waals surface area contributed by atoms with Gasteiger partial charge in [0.25, 0.3) is 0 Å². The number of carboxylic acid groups (broad SMARTS) is 1. The molecule has 1 aliphatic heterocycles. The number of aliphatic hydroxyl groups excluding tert-OH is 1. The Morgan fingerprint density at radius 2 is 1.79 bits per heavy atom. The van der Waals surface area contributed by atoms with E-state index in [9.17, 15) is 24.6 Å². The lowest BCUT2D eigenvalue weighted by Crippen LogP contribution is -2.65. The zero-order valence-corrected chi connectivity index (χ0v) is 24.0. The Labute approximate surface area is 228 Å². The molecule has 9 nitrogen and oxygen atoms in total. The third kappa shape index (κ3) is 6.59. The summed E-state index contributed by atoms with van der Waals surface area (Å²) in [6.45, 7) is 13.3. The first-order valence-electron chi connectivity index (χ1n) is 12.9. The number of nitrogens with zero attached hydrogens (tertiary/aromatic N) is 2. The number of nitrogens with one attached hydrogen (secondary N) is 2.